The average molecular weight is 707 g/mol. The van der Waals surface area contributed by atoms with Crippen molar-refractivity contribution in [3.05, 3.63) is 100 Å². The minimum Gasteiger partial charge on any atom is -0.508 e. The van der Waals surface area contributed by atoms with Crippen LogP contribution in [0.4, 0.5) is 5.69 Å². The summed E-state index contributed by atoms with van der Waals surface area (Å²) in [6.07, 6.45) is 4.87. The third-order valence-corrected chi connectivity index (χ3v) is 10.2. The van der Waals surface area contributed by atoms with Gasteiger partial charge < -0.3 is 19.4 Å². The second-order valence-corrected chi connectivity index (χ2v) is 17.3. The van der Waals surface area contributed by atoms with Crippen molar-refractivity contribution >= 4 is 56.4 Å². The second-order valence-electron chi connectivity index (χ2n) is 17.0. The number of aromatic amines is 1. The van der Waals surface area contributed by atoms with Crippen LogP contribution in [0.5, 0.6) is 5.75 Å². The molecule has 0 radical (unpaired) electrons. The lowest BCUT2D eigenvalue weighted by Crippen LogP contribution is -2.30. The van der Waals surface area contributed by atoms with Crippen LogP contribution in [0, 0.1) is 10.8 Å². The van der Waals surface area contributed by atoms with Gasteiger partial charge in [-0.25, -0.2) is 0 Å². The van der Waals surface area contributed by atoms with E-state index in [1.807, 2.05) is 43.3 Å². The third-order valence-electron chi connectivity index (χ3n) is 9.86. The molecular weight excluding hydrogens is 656 g/mol. The van der Waals surface area contributed by atoms with Gasteiger partial charge in [-0.15, -0.1) is 11.6 Å². The number of furan rings is 1. The number of carbonyl (C=O) groups excluding carboxylic acids is 2. The van der Waals surface area contributed by atoms with Crippen LogP contribution in [0.15, 0.2) is 71.2 Å². The van der Waals surface area contributed by atoms with Gasteiger partial charge in [-0.2, -0.15) is 0 Å². The number of ketones is 1. The van der Waals surface area contributed by atoms with E-state index >= 15 is 0 Å². The summed E-state index contributed by atoms with van der Waals surface area (Å²) in [4.78, 5) is 31.1. The van der Waals surface area contributed by atoms with E-state index in [4.69, 9.17) is 16.0 Å². The number of rotatable bonds is 7. The number of para-hydroxylation sites is 1. The fraction of sp³-hybridized carbons (Fsp3) is 0.409. The summed E-state index contributed by atoms with van der Waals surface area (Å²) < 4.78 is 5.88. The van der Waals surface area contributed by atoms with Gasteiger partial charge in [0.2, 0.25) is 0 Å². The highest BCUT2D eigenvalue weighted by molar-refractivity contribution is 6.19. The summed E-state index contributed by atoms with van der Waals surface area (Å²) in [5.41, 5.74) is 8.46. The summed E-state index contributed by atoms with van der Waals surface area (Å²) in [6.45, 7) is 17.8. The molecule has 3 heterocycles. The lowest BCUT2D eigenvalue weighted by Gasteiger charge is -2.21. The van der Waals surface area contributed by atoms with Gasteiger partial charge in [0.25, 0.3) is 5.91 Å². The van der Waals surface area contributed by atoms with Crippen molar-refractivity contribution in [1.29, 1.82) is 0 Å². The Morgan fingerprint density at radius 3 is 2.43 bits per heavy atom. The molecule has 1 aliphatic heterocycles. The zero-order valence-electron chi connectivity index (χ0n) is 31.2. The van der Waals surface area contributed by atoms with Crippen LogP contribution in [0.3, 0.4) is 0 Å². The summed E-state index contributed by atoms with van der Waals surface area (Å²) >= 11 is 6.35. The minimum atomic E-state index is -0.153. The molecule has 0 spiro atoms. The molecule has 2 aliphatic rings. The summed E-state index contributed by atoms with van der Waals surface area (Å²) in [6, 6.07) is 19.8. The van der Waals surface area contributed by atoms with Crippen LogP contribution < -0.4 is 4.90 Å². The van der Waals surface area contributed by atoms with Crippen molar-refractivity contribution in [1.82, 2.24) is 4.98 Å². The molecule has 1 aliphatic carbocycles. The van der Waals surface area contributed by atoms with E-state index < -0.39 is 0 Å². The van der Waals surface area contributed by atoms with Crippen LogP contribution in [0.25, 0.3) is 27.4 Å². The van der Waals surface area contributed by atoms with Crippen molar-refractivity contribution in [3.8, 4) is 5.75 Å². The van der Waals surface area contributed by atoms with Crippen LogP contribution >= 0.6 is 11.6 Å². The van der Waals surface area contributed by atoms with Gasteiger partial charge >= 0.3 is 0 Å². The number of aromatic hydroxyl groups is 1. The number of phenols is 1. The number of alkyl halides is 1. The normalized spacial score (nSPS) is 16.1. The lowest BCUT2D eigenvalue weighted by molar-refractivity contribution is -0.120. The zero-order chi connectivity index (χ0) is 36.8. The number of phenolic OH excluding ortho intramolecular Hbond substituents is 1. The maximum atomic E-state index is 13.7. The highest BCUT2D eigenvalue weighted by Crippen LogP contribution is 2.49. The molecule has 1 amide bonds. The second kappa shape index (κ2) is 14.0. The first-order valence-corrected chi connectivity index (χ1v) is 18.6. The number of amides is 1. The first-order valence-electron chi connectivity index (χ1n) is 18.1. The van der Waals surface area contributed by atoms with Crippen molar-refractivity contribution in [3.63, 3.8) is 0 Å². The number of H-pyrrole nitrogens is 1. The number of benzene rings is 3. The fourth-order valence-corrected chi connectivity index (χ4v) is 8.04. The number of hydrogen-bond acceptors (Lipinski definition) is 4. The molecule has 0 saturated heterocycles. The van der Waals surface area contributed by atoms with Crippen molar-refractivity contribution in [2.45, 2.75) is 92.9 Å². The minimum absolute atomic E-state index is 0.0104. The molecule has 51 heavy (non-hydrogen) atoms. The Morgan fingerprint density at radius 2 is 1.75 bits per heavy atom. The van der Waals surface area contributed by atoms with E-state index in [1.165, 1.54) is 5.39 Å². The zero-order valence-corrected chi connectivity index (χ0v) is 32.0. The number of nitrogens with zero attached hydrogens (tertiary/aromatic N) is 1. The molecule has 0 fully saturated rings. The molecule has 5 aromatic rings. The first kappa shape index (κ1) is 36.5. The van der Waals surface area contributed by atoms with Gasteiger partial charge in [-0.05, 0) is 83.2 Å². The van der Waals surface area contributed by atoms with E-state index in [2.05, 4.69) is 77.7 Å². The Kier molecular flexibility index (Phi) is 10.0. The largest absolute Gasteiger partial charge is 0.508 e. The summed E-state index contributed by atoms with van der Waals surface area (Å²) in [7, 11) is 0. The molecule has 3 aromatic carbocycles. The number of Topliss-reactive ketones (excluding diaryl/α,β-unsaturated/α-hetero) is 1. The van der Waals surface area contributed by atoms with E-state index in [9.17, 15) is 14.7 Å². The predicted molar refractivity (Wildman–Crippen MR) is 210 cm³/mol. The number of nitrogens with one attached hydrogen (secondary N) is 1. The van der Waals surface area contributed by atoms with E-state index in [0.29, 0.717) is 48.7 Å². The standard InChI is InChI=1S/C29H31ClN2O3.C15H20O/c1-16-5-7-21-25(34)12-24-27(26(16)21)19(14-30)15-32(24)28(35)23-11-18-9-17(6-8-22(18)31-23)10-20(33)13-29(2,3)4;1-11(10-15(2,3)4)14-9-12-7-5-6-8-13(12)16-14/h5-6,8-9,11-12,19,31,34H,7,10,13-15H2,1-4H3;5-9,11H,10H2,1-4H3. The summed E-state index contributed by atoms with van der Waals surface area (Å²) in [5, 5.41) is 12.8. The Labute approximate surface area is 306 Å². The molecule has 6 nitrogen and oxygen atoms in total. The smallest absolute Gasteiger partial charge is 0.274 e. The van der Waals surface area contributed by atoms with Gasteiger partial charge in [0.05, 0.1) is 5.69 Å². The number of hydrogen-bond donors (Lipinski definition) is 2. The molecule has 7 rings (SSSR count). The Bertz CT molecular complexity index is 2100. The molecular formula is C44H51ClN2O4. The molecule has 2 atom stereocenters. The lowest BCUT2D eigenvalue weighted by atomic mass is 9.84. The van der Waals surface area contributed by atoms with Crippen LogP contribution in [0.1, 0.15) is 119 Å². The SMILES string of the molecule is CC(CC(C)(C)C)c1cc2ccccc2o1.CC1=CCc2c(O)cc3c(c21)C(CCl)CN3C(=O)c1cc2cc(CC(=O)CC(C)(C)C)ccc2[nH]1. The molecule has 2 N–H and O–H groups in total. The molecule has 2 unspecified atom stereocenters. The number of carbonyl (C=O) groups is 2. The van der Waals surface area contributed by atoms with Crippen molar-refractivity contribution < 1.29 is 19.1 Å². The first-order chi connectivity index (χ1) is 24.0. The van der Waals surface area contributed by atoms with Crippen LogP contribution in [-0.2, 0) is 17.6 Å². The number of halogens is 1. The van der Waals surface area contributed by atoms with E-state index in [1.54, 1.807) is 11.0 Å². The molecule has 268 valence electrons. The molecule has 0 saturated carbocycles. The van der Waals surface area contributed by atoms with Crippen molar-refractivity contribution in [2.75, 3.05) is 17.3 Å². The van der Waals surface area contributed by atoms with Crippen LogP contribution in [0.2, 0.25) is 0 Å². The quantitative estimate of drug-likeness (QED) is 0.165. The number of fused-ring (bicyclic) bond motifs is 5. The van der Waals surface area contributed by atoms with Gasteiger partial charge in [0, 0.05) is 65.0 Å². The molecule has 0 bridgehead atoms. The highest BCUT2D eigenvalue weighted by Gasteiger charge is 2.38. The Morgan fingerprint density at radius 1 is 1.00 bits per heavy atom. The highest BCUT2D eigenvalue weighted by atomic mass is 35.5. The predicted octanol–water partition coefficient (Wildman–Crippen LogP) is 11.3. The number of allylic oxidation sites excluding steroid dienone is 2. The van der Waals surface area contributed by atoms with E-state index in [-0.39, 0.29) is 28.8 Å². The van der Waals surface area contributed by atoms with Gasteiger partial charge in [-0.3, -0.25) is 9.59 Å². The van der Waals surface area contributed by atoms with Gasteiger partial charge in [0.15, 0.2) is 0 Å². The fourth-order valence-electron chi connectivity index (χ4n) is 7.79. The maximum Gasteiger partial charge on any atom is 0.274 e. The topological polar surface area (TPSA) is 86.5 Å². The number of anilines is 1. The summed E-state index contributed by atoms with van der Waals surface area (Å²) in [5.74, 6) is 2.28. The molecule has 7 heteroatoms. The molecule has 2 aromatic heterocycles. The van der Waals surface area contributed by atoms with Gasteiger partial charge in [0.1, 0.15) is 28.6 Å². The Balaban J connectivity index is 0.000000234. The monoisotopic (exact) mass is 706 g/mol. The van der Waals surface area contributed by atoms with E-state index in [0.717, 1.165) is 62.2 Å². The average Bonchev–Trinajstić information content (AvgIpc) is 3.82. The Hall–Kier alpha value is -4.29. The third kappa shape index (κ3) is 7.97. The van der Waals surface area contributed by atoms with Gasteiger partial charge in [-0.1, -0.05) is 78.8 Å². The maximum absolute atomic E-state index is 13.7. The number of aromatic nitrogens is 1. The van der Waals surface area contributed by atoms with Crippen LogP contribution in [-0.4, -0.2) is 34.2 Å². The van der Waals surface area contributed by atoms with Crippen molar-refractivity contribution in [2.24, 2.45) is 10.8 Å².